The van der Waals surface area contributed by atoms with Gasteiger partial charge in [0.25, 0.3) is 0 Å². The van der Waals surface area contributed by atoms with Crippen LogP contribution in [0.4, 0.5) is 0 Å². The van der Waals surface area contributed by atoms with Crippen molar-refractivity contribution in [3.63, 3.8) is 0 Å². The molecule has 0 saturated carbocycles. The molecule has 2 aromatic carbocycles. The highest BCUT2D eigenvalue weighted by atomic mass is 16.5. The highest BCUT2D eigenvalue weighted by Gasteiger charge is 2.09. The second kappa shape index (κ2) is 7.56. The minimum Gasteiger partial charge on any atom is -0.497 e. The highest BCUT2D eigenvalue weighted by Crippen LogP contribution is 2.20. The largest absolute Gasteiger partial charge is 0.497 e. The molecule has 3 heteroatoms. The number of methoxy groups -OCH3 is 1. The van der Waals surface area contributed by atoms with Gasteiger partial charge in [0.2, 0.25) is 0 Å². The van der Waals surface area contributed by atoms with E-state index in [1.54, 1.807) is 7.11 Å². The molecule has 106 valence electrons. The smallest absolute Gasteiger partial charge is 0.122 e. The molecule has 0 radical (unpaired) electrons. The summed E-state index contributed by atoms with van der Waals surface area (Å²) in [6.45, 7) is 1.22. The van der Waals surface area contributed by atoms with Crippen LogP contribution in [-0.4, -0.2) is 20.3 Å². The summed E-state index contributed by atoms with van der Waals surface area (Å²) in [5.74, 6) is 1.93. The Hall–Kier alpha value is -2.00. The van der Waals surface area contributed by atoms with Crippen molar-refractivity contribution in [1.29, 1.82) is 0 Å². The summed E-state index contributed by atoms with van der Waals surface area (Å²) in [4.78, 5) is 0. The monoisotopic (exact) mass is 271 g/mol. The predicted octanol–water partition coefficient (Wildman–Crippen LogP) is 2.89. The zero-order valence-corrected chi connectivity index (χ0v) is 11.8. The number of benzene rings is 2. The predicted molar refractivity (Wildman–Crippen MR) is 81.2 cm³/mol. The Morgan fingerprint density at radius 3 is 2.45 bits per heavy atom. The maximum atomic E-state index is 5.84. The molecule has 0 aliphatic carbocycles. The lowest BCUT2D eigenvalue weighted by Crippen LogP contribution is -2.23. The SMILES string of the molecule is COc1cccc(OCC(CN)Cc2ccccc2)c1. The highest BCUT2D eigenvalue weighted by molar-refractivity contribution is 5.32. The summed E-state index contributed by atoms with van der Waals surface area (Å²) in [6, 6.07) is 18.0. The van der Waals surface area contributed by atoms with Gasteiger partial charge in [-0.15, -0.1) is 0 Å². The van der Waals surface area contributed by atoms with E-state index in [1.807, 2.05) is 42.5 Å². The number of hydrogen-bond acceptors (Lipinski definition) is 3. The van der Waals surface area contributed by atoms with Crippen molar-refractivity contribution in [2.45, 2.75) is 6.42 Å². The van der Waals surface area contributed by atoms with Gasteiger partial charge in [-0.2, -0.15) is 0 Å². The van der Waals surface area contributed by atoms with Crippen molar-refractivity contribution in [3.05, 3.63) is 60.2 Å². The molecule has 0 aromatic heterocycles. The minimum atomic E-state index is 0.309. The van der Waals surface area contributed by atoms with Gasteiger partial charge in [-0.3, -0.25) is 0 Å². The number of ether oxygens (including phenoxy) is 2. The van der Waals surface area contributed by atoms with Crippen LogP contribution >= 0.6 is 0 Å². The number of nitrogens with two attached hydrogens (primary N) is 1. The molecule has 0 saturated heterocycles. The Labute approximate surface area is 120 Å². The molecule has 2 rings (SSSR count). The summed E-state index contributed by atoms with van der Waals surface area (Å²) in [5, 5.41) is 0. The number of rotatable bonds is 7. The summed E-state index contributed by atoms with van der Waals surface area (Å²) in [5.41, 5.74) is 7.13. The van der Waals surface area contributed by atoms with Crippen LogP contribution < -0.4 is 15.2 Å². The Morgan fingerprint density at radius 1 is 1.00 bits per heavy atom. The molecule has 0 aliphatic rings. The van der Waals surface area contributed by atoms with Crippen molar-refractivity contribution in [2.24, 2.45) is 11.7 Å². The van der Waals surface area contributed by atoms with Gasteiger partial charge < -0.3 is 15.2 Å². The first-order valence-electron chi connectivity index (χ1n) is 6.82. The Kier molecular flexibility index (Phi) is 5.44. The van der Waals surface area contributed by atoms with Crippen molar-refractivity contribution < 1.29 is 9.47 Å². The Bertz CT molecular complexity index is 513. The molecule has 2 aromatic rings. The third-order valence-electron chi connectivity index (χ3n) is 3.23. The average Bonchev–Trinajstić information content (AvgIpc) is 2.52. The third-order valence-corrected chi connectivity index (χ3v) is 3.23. The van der Waals surface area contributed by atoms with E-state index in [4.69, 9.17) is 15.2 Å². The molecule has 0 heterocycles. The fraction of sp³-hybridized carbons (Fsp3) is 0.294. The molecule has 0 spiro atoms. The minimum absolute atomic E-state index is 0.309. The van der Waals surface area contributed by atoms with Crippen LogP contribution in [0.2, 0.25) is 0 Å². The van der Waals surface area contributed by atoms with E-state index < -0.39 is 0 Å². The van der Waals surface area contributed by atoms with Crippen molar-refractivity contribution in [3.8, 4) is 11.5 Å². The molecular weight excluding hydrogens is 250 g/mol. The second-order valence-electron chi connectivity index (χ2n) is 4.78. The van der Waals surface area contributed by atoms with Crippen LogP contribution in [0.5, 0.6) is 11.5 Å². The van der Waals surface area contributed by atoms with Gasteiger partial charge >= 0.3 is 0 Å². The average molecular weight is 271 g/mol. The van der Waals surface area contributed by atoms with E-state index in [2.05, 4.69) is 12.1 Å². The van der Waals surface area contributed by atoms with E-state index in [1.165, 1.54) is 5.56 Å². The van der Waals surface area contributed by atoms with E-state index >= 15 is 0 Å². The molecular formula is C17H21NO2. The molecule has 0 aliphatic heterocycles. The molecule has 3 nitrogen and oxygen atoms in total. The van der Waals surface area contributed by atoms with Gasteiger partial charge in [0.15, 0.2) is 0 Å². The van der Waals surface area contributed by atoms with Crippen LogP contribution in [0.3, 0.4) is 0 Å². The van der Waals surface area contributed by atoms with Gasteiger partial charge in [0, 0.05) is 12.0 Å². The van der Waals surface area contributed by atoms with E-state index in [0.29, 0.717) is 19.1 Å². The Morgan fingerprint density at radius 2 is 1.75 bits per heavy atom. The lowest BCUT2D eigenvalue weighted by molar-refractivity contribution is 0.250. The first-order valence-corrected chi connectivity index (χ1v) is 6.82. The standard InChI is InChI=1S/C17H21NO2/c1-19-16-8-5-9-17(11-16)20-13-15(12-18)10-14-6-3-2-4-7-14/h2-9,11,15H,10,12-13,18H2,1H3. The molecule has 20 heavy (non-hydrogen) atoms. The number of hydrogen-bond donors (Lipinski definition) is 1. The van der Waals surface area contributed by atoms with E-state index in [9.17, 15) is 0 Å². The topological polar surface area (TPSA) is 44.5 Å². The van der Waals surface area contributed by atoms with Crippen molar-refractivity contribution in [2.75, 3.05) is 20.3 Å². The molecule has 0 fully saturated rings. The van der Waals surface area contributed by atoms with E-state index in [-0.39, 0.29) is 0 Å². The van der Waals surface area contributed by atoms with Gasteiger partial charge in [0.1, 0.15) is 11.5 Å². The van der Waals surface area contributed by atoms with Gasteiger partial charge in [0.05, 0.1) is 13.7 Å². The van der Waals surface area contributed by atoms with Crippen LogP contribution in [0.25, 0.3) is 0 Å². The maximum Gasteiger partial charge on any atom is 0.122 e. The van der Waals surface area contributed by atoms with Crippen LogP contribution in [0.1, 0.15) is 5.56 Å². The van der Waals surface area contributed by atoms with Gasteiger partial charge in [-0.1, -0.05) is 36.4 Å². The zero-order chi connectivity index (χ0) is 14.2. The molecule has 2 N–H and O–H groups in total. The zero-order valence-electron chi connectivity index (χ0n) is 11.8. The van der Waals surface area contributed by atoms with Crippen LogP contribution in [0, 0.1) is 5.92 Å². The lowest BCUT2D eigenvalue weighted by atomic mass is 10.0. The summed E-state index contributed by atoms with van der Waals surface area (Å²) < 4.78 is 11.0. The molecule has 0 bridgehead atoms. The first-order chi connectivity index (χ1) is 9.81. The van der Waals surface area contributed by atoms with Crippen molar-refractivity contribution >= 4 is 0 Å². The lowest BCUT2D eigenvalue weighted by Gasteiger charge is -2.16. The van der Waals surface area contributed by atoms with Gasteiger partial charge in [-0.25, -0.2) is 0 Å². The molecule has 1 unspecified atom stereocenters. The fourth-order valence-electron chi connectivity index (χ4n) is 2.06. The fourth-order valence-corrected chi connectivity index (χ4v) is 2.06. The van der Waals surface area contributed by atoms with E-state index in [0.717, 1.165) is 17.9 Å². The van der Waals surface area contributed by atoms with Crippen LogP contribution in [-0.2, 0) is 6.42 Å². The van der Waals surface area contributed by atoms with Gasteiger partial charge in [-0.05, 0) is 30.7 Å². The summed E-state index contributed by atoms with van der Waals surface area (Å²) in [7, 11) is 1.65. The third kappa shape index (κ3) is 4.28. The van der Waals surface area contributed by atoms with Crippen molar-refractivity contribution in [1.82, 2.24) is 0 Å². The second-order valence-corrected chi connectivity index (χ2v) is 4.78. The van der Waals surface area contributed by atoms with Crippen LogP contribution in [0.15, 0.2) is 54.6 Å². The normalized spacial score (nSPS) is 11.9. The first kappa shape index (κ1) is 14.4. The Balaban J connectivity index is 1.90. The maximum absolute atomic E-state index is 5.84. The molecule has 1 atom stereocenters. The molecule has 0 amide bonds. The quantitative estimate of drug-likeness (QED) is 0.842. The summed E-state index contributed by atoms with van der Waals surface area (Å²) in [6.07, 6.45) is 0.932. The summed E-state index contributed by atoms with van der Waals surface area (Å²) >= 11 is 0.